The van der Waals surface area contributed by atoms with Crippen LogP contribution in [0, 0.1) is 0 Å². The molecule has 0 aliphatic rings. The van der Waals surface area contributed by atoms with E-state index in [1.54, 1.807) is 29.4 Å². The summed E-state index contributed by atoms with van der Waals surface area (Å²) in [5.41, 5.74) is 1.69. The second kappa shape index (κ2) is 9.17. The smallest absolute Gasteiger partial charge is 0.254 e. The number of carbonyl (C=O) groups is 1. The molecule has 2 heterocycles. The summed E-state index contributed by atoms with van der Waals surface area (Å²) in [6.45, 7) is 5.43. The molecule has 3 rings (SSSR count). The summed E-state index contributed by atoms with van der Waals surface area (Å²) in [4.78, 5) is 34.1. The molecule has 6 nitrogen and oxygen atoms in total. The van der Waals surface area contributed by atoms with Gasteiger partial charge in [0.05, 0.1) is 13.2 Å². The summed E-state index contributed by atoms with van der Waals surface area (Å²) < 4.78 is 5.55. The average molecular weight is 379 g/mol. The fourth-order valence-corrected chi connectivity index (χ4v) is 3.09. The molecule has 0 spiro atoms. The summed E-state index contributed by atoms with van der Waals surface area (Å²) in [6, 6.07) is 10.8. The standard InChI is InChI=1S/C22H25N3O3/c1-3-5-12-25(22(27)16-8-10-23-11-9-16)15-18-13-17-14-19(28-4-2)6-7-20(17)24-21(18)26/h6-11,13-14H,3-5,12,15H2,1-2H3,(H,24,26). The Balaban J connectivity index is 1.92. The van der Waals surface area contributed by atoms with Crippen molar-refractivity contribution >= 4 is 16.8 Å². The van der Waals surface area contributed by atoms with Crippen molar-refractivity contribution in [3.63, 3.8) is 0 Å². The minimum absolute atomic E-state index is 0.0987. The van der Waals surface area contributed by atoms with Gasteiger partial charge in [0.25, 0.3) is 11.5 Å². The van der Waals surface area contributed by atoms with Crippen LogP contribution in [0.2, 0.25) is 0 Å². The molecule has 1 aromatic carbocycles. The quantitative estimate of drug-likeness (QED) is 0.646. The van der Waals surface area contributed by atoms with Gasteiger partial charge in [-0.25, -0.2) is 0 Å². The molecule has 0 radical (unpaired) electrons. The van der Waals surface area contributed by atoms with Crippen LogP contribution < -0.4 is 10.3 Å². The van der Waals surface area contributed by atoms with E-state index in [1.807, 2.05) is 31.2 Å². The predicted octanol–water partition coefficient (Wildman–Crippen LogP) is 3.76. The Morgan fingerprint density at radius 2 is 1.93 bits per heavy atom. The molecule has 1 amide bonds. The Bertz CT molecular complexity index is 999. The number of hydrogen-bond donors (Lipinski definition) is 1. The maximum Gasteiger partial charge on any atom is 0.254 e. The maximum atomic E-state index is 12.9. The number of carbonyl (C=O) groups excluding carboxylic acids is 1. The number of nitrogens with zero attached hydrogens (tertiary/aromatic N) is 2. The Labute approximate surface area is 164 Å². The third-order valence-corrected chi connectivity index (χ3v) is 4.56. The van der Waals surface area contributed by atoms with Crippen LogP contribution in [0.4, 0.5) is 0 Å². The fourth-order valence-electron chi connectivity index (χ4n) is 3.09. The van der Waals surface area contributed by atoms with E-state index >= 15 is 0 Å². The molecule has 2 aromatic heterocycles. The van der Waals surface area contributed by atoms with Crippen molar-refractivity contribution in [3.8, 4) is 5.75 Å². The Kier molecular flexibility index (Phi) is 6.42. The molecule has 0 unspecified atom stereocenters. The lowest BCUT2D eigenvalue weighted by Gasteiger charge is -2.22. The topological polar surface area (TPSA) is 75.3 Å². The van der Waals surface area contributed by atoms with E-state index in [4.69, 9.17) is 4.74 Å². The zero-order valence-corrected chi connectivity index (χ0v) is 16.3. The van der Waals surface area contributed by atoms with Crippen molar-refractivity contribution in [1.29, 1.82) is 0 Å². The zero-order valence-electron chi connectivity index (χ0n) is 16.3. The number of ether oxygens (including phenoxy) is 1. The molecule has 0 atom stereocenters. The lowest BCUT2D eigenvalue weighted by atomic mass is 10.1. The molecule has 3 aromatic rings. The van der Waals surface area contributed by atoms with Gasteiger partial charge in [-0.3, -0.25) is 14.6 Å². The third kappa shape index (κ3) is 4.57. The molecular formula is C22H25N3O3. The van der Waals surface area contributed by atoms with Crippen molar-refractivity contribution < 1.29 is 9.53 Å². The molecule has 0 aliphatic carbocycles. The lowest BCUT2D eigenvalue weighted by molar-refractivity contribution is 0.0740. The van der Waals surface area contributed by atoms with E-state index in [2.05, 4.69) is 16.9 Å². The van der Waals surface area contributed by atoms with Crippen LogP contribution in [0.1, 0.15) is 42.6 Å². The van der Waals surface area contributed by atoms with Gasteiger partial charge in [0.2, 0.25) is 0 Å². The molecular weight excluding hydrogens is 354 g/mol. The summed E-state index contributed by atoms with van der Waals surface area (Å²) in [5.74, 6) is 0.655. The van der Waals surface area contributed by atoms with Crippen LogP contribution >= 0.6 is 0 Å². The second-order valence-corrected chi connectivity index (χ2v) is 6.62. The summed E-state index contributed by atoms with van der Waals surface area (Å²) in [6.07, 6.45) is 5.04. The van der Waals surface area contributed by atoms with Crippen molar-refractivity contribution in [2.45, 2.75) is 33.2 Å². The van der Waals surface area contributed by atoms with Crippen molar-refractivity contribution in [3.05, 3.63) is 70.3 Å². The van der Waals surface area contributed by atoms with Crippen molar-refractivity contribution in [2.75, 3.05) is 13.2 Å². The van der Waals surface area contributed by atoms with E-state index in [9.17, 15) is 9.59 Å². The van der Waals surface area contributed by atoms with Crippen molar-refractivity contribution in [1.82, 2.24) is 14.9 Å². The average Bonchev–Trinajstić information content (AvgIpc) is 2.72. The predicted molar refractivity (Wildman–Crippen MR) is 110 cm³/mol. The lowest BCUT2D eigenvalue weighted by Crippen LogP contribution is -2.33. The van der Waals surface area contributed by atoms with E-state index < -0.39 is 0 Å². The fraction of sp³-hybridized carbons (Fsp3) is 0.318. The first-order valence-corrected chi connectivity index (χ1v) is 9.60. The normalized spacial score (nSPS) is 10.8. The number of fused-ring (bicyclic) bond motifs is 1. The number of amides is 1. The Morgan fingerprint density at radius 1 is 1.14 bits per heavy atom. The number of rotatable bonds is 8. The van der Waals surface area contributed by atoms with Gasteiger partial charge in [-0.2, -0.15) is 0 Å². The summed E-state index contributed by atoms with van der Waals surface area (Å²) in [7, 11) is 0. The van der Waals surface area contributed by atoms with E-state index in [0.717, 1.165) is 29.5 Å². The first-order chi connectivity index (χ1) is 13.6. The van der Waals surface area contributed by atoms with Gasteiger partial charge in [0.1, 0.15) is 5.75 Å². The van der Waals surface area contributed by atoms with Crippen LogP contribution in [-0.2, 0) is 6.54 Å². The molecule has 146 valence electrons. The van der Waals surface area contributed by atoms with Crippen LogP contribution in [0.3, 0.4) is 0 Å². The molecule has 0 aliphatic heterocycles. The van der Waals surface area contributed by atoms with Gasteiger partial charge in [-0.05, 0) is 49.7 Å². The molecule has 28 heavy (non-hydrogen) atoms. The molecule has 0 bridgehead atoms. The minimum Gasteiger partial charge on any atom is -0.494 e. The number of aromatic nitrogens is 2. The number of H-pyrrole nitrogens is 1. The largest absolute Gasteiger partial charge is 0.494 e. The van der Waals surface area contributed by atoms with Crippen LogP contribution in [0.15, 0.2) is 53.6 Å². The van der Waals surface area contributed by atoms with Crippen LogP contribution in [-0.4, -0.2) is 33.9 Å². The molecule has 6 heteroatoms. The van der Waals surface area contributed by atoms with Gasteiger partial charge in [0, 0.05) is 41.0 Å². The third-order valence-electron chi connectivity index (χ3n) is 4.56. The Hall–Kier alpha value is -3.15. The molecule has 0 fully saturated rings. The highest BCUT2D eigenvalue weighted by atomic mass is 16.5. The number of unbranched alkanes of at least 4 members (excludes halogenated alkanes) is 1. The van der Waals surface area contributed by atoms with Gasteiger partial charge < -0.3 is 14.6 Å². The van der Waals surface area contributed by atoms with E-state index in [1.165, 1.54) is 0 Å². The second-order valence-electron chi connectivity index (χ2n) is 6.62. The first kappa shape index (κ1) is 19.6. The van der Waals surface area contributed by atoms with Crippen LogP contribution in [0.5, 0.6) is 5.75 Å². The van der Waals surface area contributed by atoms with Gasteiger partial charge in [0.15, 0.2) is 0 Å². The highest BCUT2D eigenvalue weighted by Gasteiger charge is 2.17. The SMILES string of the molecule is CCCCN(Cc1cc2cc(OCC)ccc2[nH]c1=O)C(=O)c1ccncc1. The highest BCUT2D eigenvalue weighted by molar-refractivity contribution is 5.94. The van der Waals surface area contributed by atoms with Crippen LogP contribution in [0.25, 0.3) is 10.9 Å². The van der Waals surface area contributed by atoms with Gasteiger partial charge >= 0.3 is 0 Å². The number of nitrogens with one attached hydrogen (secondary N) is 1. The number of benzene rings is 1. The monoisotopic (exact) mass is 379 g/mol. The van der Waals surface area contributed by atoms with Gasteiger partial charge in [-0.1, -0.05) is 13.3 Å². The number of aromatic amines is 1. The molecule has 0 saturated heterocycles. The van der Waals surface area contributed by atoms with Crippen molar-refractivity contribution in [2.24, 2.45) is 0 Å². The van der Waals surface area contributed by atoms with E-state index in [-0.39, 0.29) is 18.0 Å². The first-order valence-electron chi connectivity index (χ1n) is 9.60. The zero-order chi connectivity index (χ0) is 19.9. The summed E-state index contributed by atoms with van der Waals surface area (Å²) >= 11 is 0. The number of pyridine rings is 2. The van der Waals surface area contributed by atoms with Gasteiger partial charge in [-0.15, -0.1) is 0 Å². The molecule has 0 saturated carbocycles. The highest BCUT2D eigenvalue weighted by Crippen LogP contribution is 2.20. The molecule has 1 N–H and O–H groups in total. The van der Waals surface area contributed by atoms with E-state index in [0.29, 0.717) is 24.3 Å². The Morgan fingerprint density at radius 3 is 2.64 bits per heavy atom. The number of hydrogen-bond acceptors (Lipinski definition) is 4. The maximum absolute atomic E-state index is 12.9. The summed E-state index contributed by atoms with van der Waals surface area (Å²) in [5, 5.41) is 0.882. The minimum atomic E-state index is -0.180.